The van der Waals surface area contributed by atoms with E-state index in [-0.39, 0.29) is 0 Å². The van der Waals surface area contributed by atoms with Crippen molar-refractivity contribution < 1.29 is 4.57 Å². The molecule has 0 saturated heterocycles. The minimum Gasteiger partial charge on any atom is -0.205 e. The molecule has 0 aliphatic carbocycles. The van der Waals surface area contributed by atoms with E-state index in [1.807, 2.05) is 0 Å². The Bertz CT molecular complexity index is 291. The highest BCUT2D eigenvalue weighted by atomic mass is 14.9. The van der Waals surface area contributed by atoms with Crippen LogP contribution in [-0.4, -0.2) is 0 Å². The van der Waals surface area contributed by atoms with Crippen LogP contribution in [0.1, 0.15) is 51.2 Å². The molecule has 0 radical (unpaired) electrons. The maximum Gasteiger partial charge on any atom is 0.172 e. The van der Waals surface area contributed by atoms with Crippen LogP contribution in [0, 0.1) is 0 Å². The minimum atomic E-state index is 1.14. The Kier molecular flexibility index (Phi) is 5.38. The summed E-state index contributed by atoms with van der Waals surface area (Å²) < 4.78 is 2.32. The zero-order valence-corrected chi connectivity index (χ0v) is 10.4. The maximum absolute atomic E-state index is 2.35. The molecular weight excluding hydrogens is 182 g/mol. The molecule has 1 aromatic rings. The van der Waals surface area contributed by atoms with Crippen molar-refractivity contribution >= 4 is 0 Å². The van der Waals surface area contributed by atoms with Crippen LogP contribution in [0.4, 0.5) is 0 Å². The fourth-order valence-corrected chi connectivity index (χ4v) is 2.02. The van der Waals surface area contributed by atoms with Crippen molar-refractivity contribution in [3.63, 3.8) is 0 Å². The average molecular weight is 206 g/mol. The summed E-state index contributed by atoms with van der Waals surface area (Å²) in [7, 11) is 0. The normalized spacial score (nSPS) is 10.6. The first kappa shape index (κ1) is 12.2. The molecule has 0 spiro atoms. The average Bonchev–Trinajstić information content (AvgIpc) is 2.23. The summed E-state index contributed by atoms with van der Waals surface area (Å²) in [6.07, 6.45) is 10.7. The lowest BCUT2D eigenvalue weighted by molar-refractivity contribution is -0.697. The summed E-state index contributed by atoms with van der Waals surface area (Å²) in [6, 6.07) is 2.31. The third-order valence-electron chi connectivity index (χ3n) is 2.72. The third-order valence-corrected chi connectivity index (χ3v) is 2.72. The molecule has 84 valence electrons. The second kappa shape index (κ2) is 6.60. The second-order valence-electron chi connectivity index (χ2n) is 4.23. The Morgan fingerprint density at radius 2 is 1.60 bits per heavy atom. The van der Waals surface area contributed by atoms with E-state index in [2.05, 4.69) is 43.8 Å². The summed E-state index contributed by atoms with van der Waals surface area (Å²) in [4.78, 5) is 0. The van der Waals surface area contributed by atoms with Crippen molar-refractivity contribution in [1.29, 1.82) is 0 Å². The van der Waals surface area contributed by atoms with Crippen molar-refractivity contribution in [3.05, 3.63) is 29.6 Å². The SMILES string of the molecule is CCCc1cc[n+](CCC)cc1CCC. The minimum absolute atomic E-state index is 1.14. The van der Waals surface area contributed by atoms with E-state index in [9.17, 15) is 0 Å². The number of rotatable bonds is 6. The first-order valence-corrected chi connectivity index (χ1v) is 6.32. The number of aryl methyl sites for hydroxylation is 3. The van der Waals surface area contributed by atoms with Crippen LogP contribution in [0.2, 0.25) is 0 Å². The van der Waals surface area contributed by atoms with Crippen LogP contribution in [0.3, 0.4) is 0 Å². The molecule has 1 heterocycles. The van der Waals surface area contributed by atoms with Gasteiger partial charge in [-0.2, -0.15) is 0 Å². The van der Waals surface area contributed by atoms with Gasteiger partial charge in [0.05, 0.1) is 0 Å². The summed E-state index contributed by atoms with van der Waals surface area (Å²) in [6.45, 7) is 7.88. The van der Waals surface area contributed by atoms with E-state index in [4.69, 9.17) is 0 Å². The summed E-state index contributed by atoms with van der Waals surface area (Å²) in [5.74, 6) is 0. The van der Waals surface area contributed by atoms with Gasteiger partial charge in [-0.3, -0.25) is 0 Å². The summed E-state index contributed by atoms with van der Waals surface area (Å²) in [5, 5.41) is 0. The van der Waals surface area contributed by atoms with Gasteiger partial charge in [0.25, 0.3) is 0 Å². The highest BCUT2D eigenvalue weighted by Crippen LogP contribution is 2.11. The molecule has 0 N–H and O–H groups in total. The zero-order valence-electron chi connectivity index (χ0n) is 10.4. The molecular formula is C14H24N+. The van der Waals surface area contributed by atoms with Crippen LogP contribution in [0.5, 0.6) is 0 Å². The third kappa shape index (κ3) is 3.65. The van der Waals surface area contributed by atoms with Gasteiger partial charge in [0.1, 0.15) is 6.54 Å². The van der Waals surface area contributed by atoms with Crippen LogP contribution in [0.25, 0.3) is 0 Å². The quantitative estimate of drug-likeness (QED) is 0.629. The predicted molar refractivity (Wildman–Crippen MR) is 64.9 cm³/mol. The van der Waals surface area contributed by atoms with Crippen molar-refractivity contribution in [2.75, 3.05) is 0 Å². The van der Waals surface area contributed by atoms with Gasteiger partial charge in [0.15, 0.2) is 12.4 Å². The molecule has 0 aromatic carbocycles. The summed E-state index contributed by atoms with van der Waals surface area (Å²) in [5.41, 5.74) is 3.10. The lowest BCUT2D eigenvalue weighted by atomic mass is 10.0. The molecule has 15 heavy (non-hydrogen) atoms. The molecule has 0 aliphatic rings. The Balaban J connectivity index is 2.87. The van der Waals surface area contributed by atoms with E-state index in [0.717, 1.165) is 6.54 Å². The van der Waals surface area contributed by atoms with E-state index < -0.39 is 0 Å². The summed E-state index contributed by atoms with van der Waals surface area (Å²) >= 11 is 0. The lowest BCUT2D eigenvalue weighted by Gasteiger charge is -2.06. The van der Waals surface area contributed by atoms with Crippen LogP contribution in [0.15, 0.2) is 18.5 Å². The van der Waals surface area contributed by atoms with Crippen LogP contribution < -0.4 is 4.57 Å². The molecule has 0 atom stereocenters. The predicted octanol–water partition coefficient (Wildman–Crippen LogP) is 3.29. The molecule has 0 amide bonds. The molecule has 0 aliphatic heterocycles. The zero-order chi connectivity index (χ0) is 11.1. The van der Waals surface area contributed by atoms with E-state index >= 15 is 0 Å². The Morgan fingerprint density at radius 1 is 0.933 bits per heavy atom. The van der Waals surface area contributed by atoms with E-state index in [1.165, 1.54) is 32.1 Å². The fourth-order valence-electron chi connectivity index (χ4n) is 2.02. The van der Waals surface area contributed by atoms with Gasteiger partial charge < -0.3 is 0 Å². The monoisotopic (exact) mass is 206 g/mol. The van der Waals surface area contributed by atoms with E-state index in [1.54, 1.807) is 11.1 Å². The molecule has 1 nitrogen and oxygen atoms in total. The second-order valence-corrected chi connectivity index (χ2v) is 4.23. The molecule has 1 rings (SSSR count). The Hall–Kier alpha value is -0.850. The number of aromatic nitrogens is 1. The van der Waals surface area contributed by atoms with Gasteiger partial charge in [0.2, 0.25) is 0 Å². The van der Waals surface area contributed by atoms with Crippen LogP contribution in [-0.2, 0) is 19.4 Å². The fraction of sp³-hybridized carbons (Fsp3) is 0.643. The highest BCUT2D eigenvalue weighted by molar-refractivity contribution is 5.21. The van der Waals surface area contributed by atoms with Crippen molar-refractivity contribution in [3.8, 4) is 0 Å². The number of hydrogen-bond donors (Lipinski definition) is 0. The standard InChI is InChI=1S/C14H24N/c1-4-7-13-9-11-15(10-6-3)12-14(13)8-5-2/h9,11-12H,4-8,10H2,1-3H3/q+1. The number of pyridine rings is 1. The lowest BCUT2D eigenvalue weighted by Crippen LogP contribution is -2.33. The number of hydrogen-bond acceptors (Lipinski definition) is 0. The van der Waals surface area contributed by atoms with Gasteiger partial charge in [-0.25, -0.2) is 4.57 Å². The van der Waals surface area contributed by atoms with Crippen LogP contribution >= 0.6 is 0 Å². The Labute approximate surface area is 94.1 Å². The molecule has 0 fully saturated rings. The van der Waals surface area contributed by atoms with Gasteiger partial charge in [-0.15, -0.1) is 0 Å². The molecule has 0 bridgehead atoms. The van der Waals surface area contributed by atoms with Crippen molar-refractivity contribution in [2.24, 2.45) is 0 Å². The molecule has 0 saturated carbocycles. The first-order chi connectivity index (χ1) is 7.31. The van der Waals surface area contributed by atoms with Gasteiger partial charge >= 0.3 is 0 Å². The van der Waals surface area contributed by atoms with Gasteiger partial charge in [0, 0.05) is 18.1 Å². The smallest absolute Gasteiger partial charge is 0.172 e. The van der Waals surface area contributed by atoms with Crippen molar-refractivity contribution in [1.82, 2.24) is 0 Å². The molecule has 1 heteroatoms. The number of nitrogens with zero attached hydrogens (tertiary/aromatic N) is 1. The van der Waals surface area contributed by atoms with Crippen molar-refractivity contribution in [2.45, 2.75) is 59.4 Å². The van der Waals surface area contributed by atoms with Gasteiger partial charge in [-0.05, 0) is 18.4 Å². The largest absolute Gasteiger partial charge is 0.205 e. The molecule has 0 unspecified atom stereocenters. The Morgan fingerprint density at radius 3 is 2.20 bits per heavy atom. The van der Waals surface area contributed by atoms with Gasteiger partial charge in [-0.1, -0.05) is 33.6 Å². The maximum atomic E-state index is 2.35. The topological polar surface area (TPSA) is 3.88 Å². The first-order valence-electron chi connectivity index (χ1n) is 6.32. The van der Waals surface area contributed by atoms with E-state index in [0.29, 0.717) is 0 Å². The highest BCUT2D eigenvalue weighted by Gasteiger charge is 2.07. The molecule has 1 aromatic heterocycles.